The Labute approximate surface area is 92.0 Å². The zero-order valence-corrected chi connectivity index (χ0v) is 9.23. The van der Waals surface area contributed by atoms with Gasteiger partial charge in [0.05, 0.1) is 4.90 Å². The quantitative estimate of drug-likeness (QED) is 0.829. The maximum absolute atomic E-state index is 11.2. The van der Waals surface area contributed by atoms with E-state index in [1.165, 1.54) is 12.1 Å². The number of sulfone groups is 1. The third-order valence-electron chi connectivity index (χ3n) is 2.07. The molecular weight excluding hydrogens is 230 g/mol. The van der Waals surface area contributed by atoms with Gasteiger partial charge in [0.15, 0.2) is 21.3 Å². The van der Waals surface area contributed by atoms with Gasteiger partial charge in [-0.1, -0.05) is 12.1 Å². The number of benzene rings is 1. The van der Waals surface area contributed by atoms with Crippen LogP contribution in [0.5, 0.6) is 0 Å². The molecule has 84 valence electrons. The summed E-state index contributed by atoms with van der Waals surface area (Å²) in [5.74, 6) is 0.173. The Balaban J connectivity index is 2.45. The minimum Gasteiger partial charge on any atom is -0.379 e. The molecule has 0 aliphatic carbocycles. The summed E-state index contributed by atoms with van der Waals surface area (Å²) in [5, 5.41) is 7.05. The molecule has 2 N–H and O–H groups in total. The molecule has 6 nitrogen and oxygen atoms in total. The lowest BCUT2D eigenvalue weighted by Gasteiger charge is -1.99. The third kappa shape index (κ3) is 1.89. The van der Waals surface area contributed by atoms with Gasteiger partial charge < -0.3 is 5.73 Å². The molecule has 0 saturated heterocycles. The molecule has 0 atom stereocenters. The zero-order valence-electron chi connectivity index (χ0n) is 8.41. The zero-order chi connectivity index (χ0) is 11.8. The topological polar surface area (TPSA) is 99.1 Å². The lowest BCUT2D eigenvalue weighted by Crippen LogP contribution is -1.96. The average Bonchev–Trinajstić information content (AvgIpc) is 2.63. The van der Waals surface area contributed by atoms with Gasteiger partial charge >= 0.3 is 0 Å². The molecular formula is C9H9N3O3S. The molecule has 0 bridgehead atoms. The van der Waals surface area contributed by atoms with Crippen molar-refractivity contribution < 1.29 is 13.0 Å². The van der Waals surface area contributed by atoms with E-state index in [1.54, 1.807) is 12.1 Å². The number of rotatable bonds is 2. The van der Waals surface area contributed by atoms with Crippen molar-refractivity contribution in [1.82, 2.24) is 10.3 Å². The maximum Gasteiger partial charge on any atom is 0.196 e. The summed E-state index contributed by atoms with van der Waals surface area (Å²) in [5.41, 5.74) is 6.57. The second-order valence-corrected chi connectivity index (χ2v) is 5.31. The standard InChI is InChI=1S/C9H9N3O3S/c1-16(13,14)7-4-2-6(3-5-7)8-9(10)12-15-11-8/h2-5H,1H3,(H2,10,12). The summed E-state index contributed by atoms with van der Waals surface area (Å²) in [6.07, 6.45) is 1.15. The monoisotopic (exact) mass is 239 g/mol. The molecule has 0 radical (unpaired) electrons. The molecule has 7 heteroatoms. The molecule has 0 saturated carbocycles. The van der Waals surface area contributed by atoms with Crippen molar-refractivity contribution in [1.29, 1.82) is 0 Å². The first-order chi connectivity index (χ1) is 7.48. The molecule has 0 amide bonds. The first kappa shape index (κ1) is 10.6. The van der Waals surface area contributed by atoms with Crippen LogP contribution in [0, 0.1) is 0 Å². The highest BCUT2D eigenvalue weighted by atomic mass is 32.2. The Hall–Kier alpha value is -1.89. The van der Waals surface area contributed by atoms with Crippen LogP contribution in [-0.4, -0.2) is 25.0 Å². The average molecular weight is 239 g/mol. The molecule has 1 aromatic carbocycles. The van der Waals surface area contributed by atoms with Crippen molar-refractivity contribution in [2.45, 2.75) is 4.90 Å². The summed E-state index contributed by atoms with van der Waals surface area (Å²) >= 11 is 0. The molecule has 2 aromatic rings. The summed E-state index contributed by atoms with van der Waals surface area (Å²) in [6.45, 7) is 0. The lowest BCUT2D eigenvalue weighted by atomic mass is 10.1. The highest BCUT2D eigenvalue weighted by Crippen LogP contribution is 2.23. The molecule has 2 rings (SSSR count). The molecule has 0 aliphatic heterocycles. The van der Waals surface area contributed by atoms with Gasteiger partial charge in [-0.15, -0.1) is 0 Å². The molecule has 0 aliphatic rings. The van der Waals surface area contributed by atoms with E-state index < -0.39 is 9.84 Å². The first-order valence-corrected chi connectivity index (χ1v) is 6.26. The fourth-order valence-electron chi connectivity index (χ4n) is 1.26. The van der Waals surface area contributed by atoms with Crippen molar-refractivity contribution in [3.63, 3.8) is 0 Å². The Bertz CT molecular complexity index is 601. The van der Waals surface area contributed by atoms with E-state index in [-0.39, 0.29) is 10.7 Å². The lowest BCUT2D eigenvalue weighted by molar-refractivity contribution is 0.310. The van der Waals surface area contributed by atoms with Crippen molar-refractivity contribution in [2.75, 3.05) is 12.0 Å². The van der Waals surface area contributed by atoms with Gasteiger partial charge in [-0.05, 0) is 22.4 Å². The van der Waals surface area contributed by atoms with Crippen molar-refractivity contribution >= 4 is 15.7 Å². The van der Waals surface area contributed by atoms with Gasteiger partial charge in [-0.3, -0.25) is 0 Å². The van der Waals surface area contributed by atoms with Crippen LogP contribution in [0.3, 0.4) is 0 Å². The maximum atomic E-state index is 11.2. The second kappa shape index (κ2) is 3.60. The molecule has 0 fully saturated rings. The molecule has 0 spiro atoms. The number of nitrogens with zero attached hydrogens (tertiary/aromatic N) is 2. The van der Waals surface area contributed by atoms with Gasteiger partial charge in [0, 0.05) is 11.8 Å². The normalized spacial score (nSPS) is 11.6. The van der Waals surface area contributed by atoms with Crippen LogP contribution < -0.4 is 5.73 Å². The fourth-order valence-corrected chi connectivity index (χ4v) is 1.89. The largest absolute Gasteiger partial charge is 0.379 e. The highest BCUT2D eigenvalue weighted by Gasteiger charge is 2.11. The van der Waals surface area contributed by atoms with Crippen LogP contribution in [0.15, 0.2) is 33.8 Å². The Morgan fingerprint density at radius 3 is 2.25 bits per heavy atom. The van der Waals surface area contributed by atoms with Crippen LogP contribution in [0.4, 0.5) is 5.82 Å². The van der Waals surface area contributed by atoms with Crippen molar-refractivity contribution in [3.05, 3.63) is 24.3 Å². The van der Waals surface area contributed by atoms with E-state index in [2.05, 4.69) is 14.9 Å². The molecule has 16 heavy (non-hydrogen) atoms. The van der Waals surface area contributed by atoms with E-state index in [9.17, 15) is 8.42 Å². The minimum absolute atomic E-state index is 0.173. The van der Waals surface area contributed by atoms with Crippen LogP contribution in [0.1, 0.15) is 0 Å². The summed E-state index contributed by atoms with van der Waals surface area (Å²) < 4.78 is 26.9. The van der Waals surface area contributed by atoms with Gasteiger partial charge in [0.2, 0.25) is 0 Å². The number of nitrogens with two attached hydrogens (primary N) is 1. The predicted octanol–water partition coefficient (Wildman–Crippen LogP) is 0.722. The molecule has 1 aromatic heterocycles. The summed E-state index contributed by atoms with van der Waals surface area (Å²) in [4.78, 5) is 0.242. The first-order valence-electron chi connectivity index (χ1n) is 4.37. The number of hydrogen-bond donors (Lipinski definition) is 1. The van der Waals surface area contributed by atoms with Gasteiger partial charge in [0.1, 0.15) is 0 Å². The molecule has 1 heterocycles. The number of nitrogen functional groups attached to an aromatic ring is 1. The van der Waals surface area contributed by atoms with E-state index >= 15 is 0 Å². The Morgan fingerprint density at radius 1 is 1.19 bits per heavy atom. The highest BCUT2D eigenvalue weighted by molar-refractivity contribution is 7.90. The van der Waals surface area contributed by atoms with E-state index in [0.717, 1.165) is 6.26 Å². The van der Waals surface area contributed by atoms with Crippen LogP contribution >= 0.6 is 0 Å². The Kier molecular flexibility index (Phi) is 2.39. The van der Waals surface area contributed by atoms with E-state index in [4.69, 9.17) is 5.73 Å². The predicted molar refractivity (Wildman–Crippen MR) is 57.3 cm³/mol. The number of anilines is 1. The minimum atomic E-state index is -3.19. The second-order valence-electron chi connectivity index (χ2n) is 3.29. The SMILES string of the molecule is CS(=O)(=O)c1ccc(-c2nonc2N)cc1. The van der Waals surface area contributed by atoms with Gasteiger partial charge in [-0.25, -0.2) is 13.0 Å². The molecule has 0 unspecified atom stereocenters. The third-order valence-corrected chi connectivity index (χ3v) is 3.20. The smallest absolute Gasteiger partial charge is 0.196 e. The van der Waals surface area contributed by atoms with E-state index in [0.29, 0.717) is 11.3 Å². The summed E-state index contributed by atoms with van der Waals surface area (Å²) in [7, 11) is -3.19. The Morgan fingerprint density at radius 2 is 1.81 bits per heavy atom. The van der Waals surface area contributed by atoms with Crippen LogP contribution in [0.25, 0.3) is 11.3 Å². The van der Waals surface area contributed by atoms with Crippen LogP contribution in [-0.2, 0) is 9.84 Å². The number of hydrogen-bond acceptors (Lipinski definition) is 6. The van der Waals surface area contributed by atoms with Crippen molar-refractivity contribution in [3.8, 4) is 11.3 Å². The van der Waals surface area contributed by atoms with Gasteiger partial charge in [0.25, 0.3) is 0 Å². The summed E-state index contributed by atoms with van der Waals surface area (Å²) in [6, 6.07) is 6.18. The van der Waals surface area contributed by atoms with Crippen LogP contribution in [0.2, 0.25) is 0 Å². The number of aromatic nitrogens is 2. The van der Waals surface area contributed by atoms with Crippen molar-refractivity contribution in [2.24, 2.45) is 0 Å². The van der Waals surface area contributed by atoms with E-state index in [1.807, 2.05) is 0 Å². The fraction of sp³-hybridized carbons (Fsp3) is 0.111. The van der Waals surface area contributed by atoms with Gasteiger partial charge in [-0.2, -0.15) is 0 Å².